The monoisotopic (exact) mass is 707 g/mol. The van der Waals surface area contributed by atoms with Gasteiger partial charge in [0.1, 0.15) is 11.6 Å². The molecule has 4 rings (SSSR count). The maximum absolute atomic E-state index is 12.4. The number of hydrogen-bond acceptors (Lipinski definition) is 6. The third kappa shape index (κ3) is 9.69. The van der Waals surface area contributed by atoms with Gasteiger partial charge in [0, 0.05) is 36.5 Å². The summed E-state index contributed by atoms with van der Waals surface area (Å²) >= 11 is 0. The molecule has 0 heterocycles. The number of hydrogen-bond donors (Lipinski definition) is 1. The lowest BCUT2D eigenvalue weighted by Crippen LogP contribution is -2.50. The molecule has 0 spiro atoms. The lowest BCUT2D eigenvalue weighted by molar-refractivity contribution is -0.132. The normalized spacial score (nSPS) is 33.6. The molecular weight excluding hydrogens is 629 g/mol. The van der Waals surface area contributed by atoms with Gasteiger partial charge in [-0.1, -0.05) is 48.5 Å². The van der Waals surface area contributed by atoms with Crippen LogP contribution >= 0.6 is 0 Å². The highest BCUT2D eigenvalue weighted by molar-refractivity contribution is 6.74. The van der Waals surface area contributed by atoms with Crippen molar-refractivity contribution in [2.45, 2.75) is 196 Å². The molecule has 49 heavy (non-hydrogen) atoms. The average Bonchev–Trinajstić information content (AvgIpc) is 3.51. The Hall–Kier alpha value is -0.603. The summed E-state index contributed by atoms with van der Waals surface area (Å²) in [4.78, 5) is 24.6. The lowest BCUT2D eigenvalue weighted by atomic mass is 9.64. The van der Waals surface area contributed by atoms with Gasteiger partial charge in [-0.05, 0) is 134 Å². The first-order valence-corrected chi connectivity index (χ1v) is 22.9. The van der Waals surface area contributed by atoms with E-state index in [2.05, 4.69) is 82.3 Å². The van der Waals surface area contributed by atoms with Crippen LogP contribution in [0.25, 0.3) is 0 Å². The predicted molar refractivity (Wildman–Crippen MR) is 204 cm³/mol. The molecule has 7 heteroatoms. The van der Waals surface area contributed by atoms with Crippen molar-refractivity contribution in [3.63, 3.8) is 0 Å². The highest BCUT2D eigenvalue weighted by Gasteiger charge is 2.54. The van der Waals surface area contributed by atoms with Crippen molar-refractivity contribution in [1.29, 1.82) is 0 Å². The highest BCUT2D eigenvalue weighted by atomic mass is 28.4. The minimum atomic E-state index is -1.82. The first-order valence-electron chi connectivity index (χ1n) is 20.0. The quantitative estimate of drug-likeness (QED) is 0.204. The van der Waals surface area contributed by atoms with Gasteiger partial charge in [0.15, 0.2) is 8.32 Å². The molecule has 6 unspecified atom stereocenters. The molecule has 4 aliphatic rings. The van der Waals surface area contributed by atoms with Crippen LogP contribution in [0.15, 0.2) is 0 Å². The van der Waals surface area contributed by atoms with Gasteiger partial charge in [-0.2, -0.15) is 0 Å². The molecule has 0 saturated heterocycles. The number of ketones is 2. The Morgan fingerprint density at radius 3 is 1.47 bits per heavy atom. The molecule has 0 aromatic heterocycles. The summed E-state index contributed by atoms with van der Waals surface area (Å²) in [7, 11) is -1.82. The molecular formula is C42H78O6Si. The van der Waals surface area contributed by atoms with E-state index in [0.717, 1.165) is 57.8 Å². The van der Waals surface area contributed by atoms with Gasteiger partial charge in [-0.25, -0.2) is 0 Å². The number of aliphatic hydroxyl groups is 1. The molecule has 4 saturated carbocycles. The Kier molecular flexibility index (Phi) is 13.8. The van der Waals surface area contributed by atoms with E-state index < -0.39 is 13.9 Å². The molecule has 286 valence electrons. The molecule has 0 aliphatic heterocycles. The van der Waals surface area contributed by atoms with Crippen LogP contribution in [0.1, 0.15) is 154 Å². The van der Waals surface area contributed by atoms with Gasteiger partial charge in [0.25, 0.3) is 0 Å². The maximum Gasteiger partial charge on any atom is 0.192 e. The summed E-state index contributed by atoms with van der Waals surface area (Å²) < 4.78 is 19.3. The smallest absolute Gasteiger partial charge is 0.192 e. The van der Waals surface area contributed by atoms with E-state index in [1.165, 1.54) is 6.42 Å². The van der Waals surface area contributed by atoms with E-state index in [-0.39, 0.29) is 51.4 Å². The predicted octanol–water partition coefficient (Wildman–Crippen LogP) is 10.2. The molecule has 10 atom stereocenters. The molecule has 0 aromatic rings. The minimum absolute atomic E-state index is 0.109. The number of rotatable bonds is 12. The highest BCUT2D eigenvalue weighted by Crippen LogP contribution is 2.57. The Bertz CT molecular complexity index is 1120. The van der Waals surface area contributed by atoms with E-state index >= 15 is 0 Å². The van der Waals surface area contributed by atoms with E-state index in [9.17, 15) is 14.7 Å². The van der Waals surface area contributed by atoms with Crippen LogP contribution in [0.5, 0.6) is 0 Å². The van der Waals surface area contributed by atoms with Crippen LogP contribution < -0.4 is 0 Å². The zero-order valence-corrected chi connectivity index (χ0v) is 35.6. The number of Topliss-reactive ketones (excluding diaryl/α,β-unsaturated/α-hetero) is 2. The summed E-state index contributed by atoms with van der Waals surface area (Å²) in [5.41, 5.74) is -0.633. The Morgan fingerprint density at radius 2 is 1.10 bits per heavy atom. The Morgan fingerprint density at radius 1 is 0.714 bits per heavy atom. The van der Waals surface area contributed by atoms with Gasteiger partial charge >= 0.3 is 0 Å². The number of carbonyl (C=O) groups excluding carboxylic acids is 2. The second-order valence-corrected chi connectivity index (χ2v) is 24.8. The van der Waals surface area contributed by atoms with Crippen molar-refractivity contribution in [1.82, 2.24) is 0 Å². The number of ether oxygens (including phenoxy) is 2. The van der Waals surface area contributed by atoms with E-state index in [0.29, 0.717) is 42.5 Å². The van der Waals surface area contributed by atoms with E-state index in [1.807, 2.05) is 20.8 Å². The Labute approximate surface area is 303 Å². The summed E-state index contributed by atoms with van der Waals surface area (Å²) in [5, 5.41) is 10.2. The summed E-state index contributed by atoms with van der Waals surface area (Å²) in [5.74, 6) is 2.91. The molecule has 0 amide bonds. The van der Waals surface area contributed by atoms with Crippen LogP contribution in [0.4, 0.5) is 0 Å². The average molecular weight is 707 g/mol. The van der Waals surface area contributed by atoms with Gasteiger partial charge < -0.3 is 19.0 Å². The van der Waals surface area contributed by atoms with E-state index in [4.69, 9.17) is 13.9 Å². The lowest BCUT2D eigenvalue weighted by Gasteiger charge is -2.46. The summed E-state index contributed by atoms with van der Waals surface area (Å²) in [6.45, 7) is 34.2. The zero-order chi connectivity index (χ0) is 37.4. The standard InChI is InChI=1S/C24H46O3Si.C18H32O3/c1-17(23(6,7)27-28(9,10)22(3,4)5)16-26-18(2)19-13-14-20-21(25)12-11-15-24(19,20)8;1-12(17(3,4)20)11-21-13(2)14-8-9-15-16(19)7-6-10-18(14,15)5/h17-20H,11-16H2,1-10H3;12-15,20H,6-11H2,1-5H3/t17-,18+,19?,20?,24?;12-,13+,14?,15?,18?/m00/s1. The fourth-order valence-electron chi connectivity index (χ4n) is 9.62. The first-order chi connectivity index (χ1) is 22.3. The van der Waals surface area contributed by atoms with Crippen LogP contribution in [-0.2, 0) is 23.5 Å². The maximum atomic E-state index is 12.4. The molecule has 0 bridgehead atoms. The van der Waals surface area contributed by atoms with Crippen molar-refractivity contribution in [3.8, 4) is 0 Å². The van der Waals surface area contributed by atoms with Crippen LogP contribution in [0.3, 0.4) is 0 Å². The molecule has 0 radical (unpaired) electrons. The molecule has 4 aliphatic carbocycles. The topological polar surface area (TPSA) is 82.1 Å². The fraction of sp³-hybridized carbons (Fsp3) is 0.952. The molecule has 1 N–H and O–H groups in total. The van der Waals surface area contributed by atoms with Crippen LogP contribution in [0, 0.1) is 46.3 Å². The first kappa shape index (κ1) is 42.8. The molecule has 0 aromatic carbocycles. The minimum Gasteiger partial charge on any atom is -0.412 e. The second kappa shape index (κ2) is 15.8. The Balaban J connectivity index is 0.000000276. The van der Waals surface area contributed by atoms with Crippen molar-refractivity contribution < 1.29 is 28.6 Å². The summed E-state index contributed by atoms with van der Waals surface area (Å²) in [6, 6.07) is 0. The van der Waals surface area contributed by atoms with Gasteiger partial charge in [0.2, 0.25) is 0 Å². The van der Waals surface area contributed by atoms with Crippen LogP contribution in [0.2, 0.25) is 18.1 Å². The molecule has 6 nitrogen and oxygen atoms in total. The van der Waals surface area contributed by atoms with Crippen molar-refractivity contribution in [3.05, 3.63) is 0 Å². The van der Waals surface area contributed by atoms with Gasteiger partial charge in [-0.3, -0.25) is 9.59 Å². The van der Waals surface area contributed by atoms with Crippen LogP contribution in [-0.4, -0.2) is 61.6 Å². The van der Waals surface area contributed by atoms with Crippen molar-refractivity contribution >= 4 is 19.9 Å². The third-order valence-electron chi connectivity index (χ3n) is 14.9. The van der Waals surface area contributed by atoms with Crippen molar-refractivity contribution in [2.75, 3.05) is 13.2 Å². The van der Waals surface area contributed by atoms with Crippen molar-refractivity contribution in [2.24, 2.45) is 46.3 Å². The number of fused-ring (bicyclic) bond motifs is 2. The van der Waals surface area contributed by atoms with Gasteiger partial charge in [0.05, 0.1) is 36.6 Å². The summed E-state index contributed by atoms with van der Waals surface area (Å²) in [6.07, 6.45) is 10.7. The zero-order valence-electron chi connectivity index (χ0n) is 34.6. The fourth-order valence-corrected chi connectivity index (χ4v) is 11.4. The number of carbonyl (C=O) groups is 2. The van der Waals surface area contributed by atoms with Gasteiger partial charge in [-0.15, -0.1) is 0 Å². The third-order valence-corrected chi connectivity index (χ3v) is 19.6. The largest absolute Gasteiger partial charge is 0.412 e. The van der Waals surface area contributed by atoms with E-state index in [1.54, 1.807) is 0 Å². The second-order valence-electron chi connectivity index (χ2n) is 20.1. The SMILES string of the molecule is C[C@@H](OC[C@H](C)C(C)(C)O)C1CCC2C(=O)CCCC21C.C[C@@H](OC[C@H](C)C(C)(C)O[Si](C)(C)C(C)(C)C)C1CCC2C(=O)CCCC21C. The molecule has 4 fully saturated rings.